The van der Waals surface area contributed by atoms with E-state index < -0.39 is 38.4 Å². The zero-order valence-electron chi connectivity index (χ0n) is 17.5. The van der Waals surface area contributed by atoms with E-state index >= 15 is 0 Å². The number of benzene rings is 2. The van der Waals surface area contributed by atoms with Gasteiger partial charge in [0.15, 0.2) is 0 Å². The Morgan fingerprint density at radius 3 is 2.28 bits per heavy atom. The summed E-state index contributed by atoms with van der Waals surface area (Å²) in [4.78, 5) is 14.0. The molecule has 0 bridgehead atoms. The Morgan fingerprint density at radius 1 is 1.03 bits per heavy atom. The van der Waals surface area contributed by atoms with Crippen LogP contribution in [0.1, 0.15) is 35.2 Å². The molecule has 6 nitrogen and oxygen atoms in total. The van der Waals surface area contributed by atoms with E-state index in [1.54, 1.807) is 0 Å². The van der Waals surface area contributed by atoms with Gasteiger partial charge in [-0.05, 0) is 55.7 Å². The van der Waals surface area contributed by atoms with Crippen LogP contribution in [0.15, 0.2) is 41.3 Å². The van der Waals surface area contributed by atoms with Crippen LogP contribution >= 0.6 is 0 Å². The third kappa shape index (κ3) is 5.04. The molecule has 32 heavy (non-hydrogen) atoms. The summed E-state index contributed by atoms with van der Waals surface area (Å²) in [6.07, 6.45) is -1.85. The minimum atomic E-state index is -4.61. The van der Waals surface area contributed by atoms with Crippen molar-refractivity contribution in [1.29, 1.82) is 0 Å². The van der Waals surface area contributed by atoms with E-state index in [2.05, 4.69) is 5.32 Å². The number of hydrogen-bond acceptors (Lipinski definition) is 4. The van der Waals surface area contributed by atoms with Crippen molar-refractivity contribution in [1.82, 2.24) is 4.31 Å². The fourth-order valence-electron chi connectivity index (χ4n) is 3.46. The molecule has 2 aromatic rings. The van der Waals surface area contributed by atoms with Gasteiger partial charge in [0.05, 0.1) is 16.9 Å². The standard InChI is InChI=1S/C21H23F4N3O3S/c1-27(2)32(30,31)19-12-14(6-8-16(19)22)20(29)26-17-13-15(21(23,24)25)7-9-18(17)28-10-4-3-5-11-28/h6-9,12-13H,3-5,10-11H2,1-2H3,(H,26,29). The van der Waals surface area contributed by atoms with E-state index in [4.69, 9.17) is 0 Å². The number of rotatable bonds is 5. The molecular formula is C21H23F4N3O3S. The summed E-state index contributed by atoms with van der Waals surface area (Å²) in [7, 11) is -1.73. The Labute approximate surface area is 183 Å². The predicted octanol–water partition coefficient (Wildman–Crippen LogP) is 4.34. The Hall–Kier alpha value is -2.66. The van der Waals surface area contributed by atoms with Crippen molar-refractivity contribution >= 4 is 27.3 Å². The summed E-state index contributed by atoms with van der Waals surface area (Å²) in [6.45, 7) is 1.27. The molecule has 0 aliphatic carbocycles. The monoisotopic (exact) mass is 473 g/mol. The van der Waals surface area contributed by atoms with E-state index in [1.807, 2.05) is 4.90 Å². The molecule has 1 aliphatic heterocycles. The van der Waals surface area contributed by atoms with Gasteiger partial charge >= 0.3 is 6.18 Å². The van der Waals surface area contributed by atoms with Crippen LogP contribution in [0.4, 0.5) is 28.9 Å². The third-order valence-corrected chi connectivity index (χ3v) is 7.05. The first-order valence-electron chi connectivity index (χ1n) is 9.91. The van der Waals surface area contributed by atoms with Crippen molar-refractivity contribution in [3.05, 3.63) is 53.3 Å². The molecule has 1 fully saturated rings. The zero-order valence-corrected chi connectivity index (χ0v) is 18.4. The highest BCUT2D eigenvalue weighted by Crippen LogP contribution is 2.36. The lowest BCUT2D eigenvalue weighted by Gasteiger charge is -2.31. The first kappa shape index (κ1) is 24.0. The molecule has 3 rings (SSSR count). The van der Waals surface area contributed by atoms with Gasteiger partial charge in [-0.2, -0.15) is 13.2 Å². The predicted molar refractivity (Wildman–Crippen MR) is 113 cm³/mol. The Kier molecular flexibility index (Phi) is 6.80. The maximum Gasteiger partial charge on any atom is 0.416 e. The average molecular weight is 473 g/mol. The SMILES string of the molecule is CN(C)S(=O)(=O)c1cc(C(=O)Nc2cc(C(F)(F)F)ccc2N2CCCCC2)ccc1F. The molecule has 1 N–H and O–H groups in total. The number of carbonyl (C=O) groups excluding carboxylic acids is 1. The highest BCUT2D eigenvalue weighted by atomic mass is 32.2. The maximum absolute atomic E-state index is 14.1. The van der Waals surface area contributed by atoms with Gasteiger partial charge in [-0.25, -0.2) is 17.1 Å². The fraction of sp³-hybridized carbons (Fsp3) is 0.381. The summed E-state index contributed by atoms with van der Waals surface area (Å²) in [5, 5.41) is 2.45. The van der Waals surface area contributed by atoms with E-state index in [9.17, 15) is 30.8 Å². The highest BCUT2D eigenvalue weighted by molar-refractivity contribution is 7.89. The molecule has 1 amide bonds. The second-order valence-corrected chi connectivity index (χ2v) is 9.78. The van der Waals surface area contributed by atoms with Gasteiger partial charge in [0.2, 0.25) is 10.0 Å². The largest absolute Gasteiger partial charge is 0.416 e. The Balaban J connectivity index is 1.99. The maximum atomic E-state index is 14.1. The summed E-state index contributed by atoms with van der Waals surface area (Å²) in [5.74, 6) is -1.89. The van der Waals surface area contributed by atoms with Crippen molar-refractivity contribution in [2.75, 3.05) is 37.4 Å². The number of alkyl halides is 3. The lowest BCUT2D eigenvalue weighted by atomic mass is 10.1. The fourth-order valence-corrected chi connectivity index (χ4v) is 4.44. The van der Waals surface area contributed by atoms with Crippen LogP contribution in [0.5, 0.6) is 0 Å². The van der Waals surface area contributed by atoms with Crippen LogP contribution in [-0.4, -0.2) is 45.8 Å². The molecule has 0 unspecified atom stereocenters. The first-order chi connectivity index (χ1) is 14.9. The molecule has 1 heterocycles. The van der Waals surface area contributed by atoms with E-state index in [1.165, 1.54) is 20.2 Å². The number of anilines is 2. The lowest BCUT2D eigenvalue weighted by molar-refractivity contribution is -0.137. The van der Waals surface area contributed by atoms with Gasteiger partial charge < -0.3 is 10.2 Å². The lowest BCUT2D eigenvalue weighted by Crippen LogP contribution is -2.30. The minimum Gasteiger partial charge on any atom is -0.370 e. The van der Waals surface area contributed by atoms with E-state index in [0.717, 1.165) is 53.9 Å². The highest BCUT2D eigenvalue weighted by Gasteiger charge is 2.32. The summed E-state index contributed by atoms with van der Waals surface area (Å²) < 4.78 is 79.4. The van der Waals surface area contributed by atoms with Gasteiger partial charge in [0.25, 0.3) is 5.91 Å². The summed E-state index contributed by atoms with van der Waals surface area (Å²) in [5.41, 5.74) is -0.736. The number of amides is 1. The molecule has 0 atom stereocenters. The Bertz CT molecular complexity index is 1110. The Morgan fingerprint density at radius 2 is 1.69 bits per heavy atom. The minimum absolute atomic E-state index is 0.0481. The average Bonchev–Trinajstić information content (AvgIpc) is 2.73. The van der Waals surface area contributed by atoms with Crippen LogP contribution in [0.3, 0.4) is 0 Å². The number of carbonyl (C=O) groups is 1. The smallest absolute Gasteiger partial charge is 0.370 e. The normalized spacial score (nSPS) is 15.2. The number of sulfonamides is 1. The molecule has 11 heteroatoms. The van der Waals surface area contributed by atoms with Gasteiger partial charge in [-0.15, -0.1) is 0 Å². The van der Waals surface area contributed by atoms with Crippen LogP contribution in [-0.2, 0) is 16.2 Å². The van der Waals surface area contributed by atoms with Gasteiger partial charge in [-0.1, -0.05) is 0 Å². The zero-order chi connectivity index (χ0) is 23.7. The second kappa shape index (κ2) is 9.07. The van der Waals surface area contributed by atoms with Crippen LogP contribution in [0.25, 0.3) is 0 Å². The van der Waals surface area contributed by atoms with Gasteiger partial charge in [0.1, 0.15) is 10.7 Å². The molecule has 174 valence electrons. The first-order valence-corrected chi connectivity index (χ1v) is 11.3. The summed E-state index contributed by atoms with van der Waals surface area (Å²) >= 11 is 0. The van der Waals surface area contributed by atoms with E-state index in [0.29, 0.717) is 18.8 Å². The topological polar surface area (TPSA) is 69.7 Å². The molecule has 2 aromatic carbocycles. The number of nitrogens with zero attached hydrogens (tertiary/aromatic N) is 2. The number of nitrogens with one attached hydrogen (secondary N) is 1. The van der Waals surface area contributed by atoms with Gasteiger partial charge in [-0.3, -0.25) is 4.79 Å². The summed E-state index contributed by atoms with van der Waals surface area (Å²) in [6, 6.07) is 5.91. The van der Waals surface area contributed by atoms with Crippen LogP contribution in [0.2, 0.25) is 0 Å². The van der Waals surface area contributed by atoms with E-state index in [-0.39, 0.29) is 11.3 Å². The van der Waals surface area contributed by atoms with Crippen molar-refractivity contribution in [3.8, 4) is 0 Å². The van der Waals surface area contributed by atoms with Crippen LogP contribution < -0.4 is 10.2 Å². The molecule has 1 saturated heterocycles. The quantitative estimate of drug-likeness (QED) is 0.656. The van der Waals surface area contributed by atoms with Crippen LogP contribution in [0, 0.1) is 5.82 Å². The third-order valence-electron chi connectivity index (χ3n) is 5.22. The molecule has 0 radical (unpaired) electrons. The second-order valence-electron chi connectivity index (χ2n) is 7.66. The molecule has 0 spiro atoms. The van der Waals surface area contributed by atoms with Crippen molar-refractivity contribution in [2.45, 2.75) is 30.3 Å². The number of halogens is 4. The van der Waals surface area contributed by atoms with Gasteiger partial charge in [0, 0.05) is 32.7 Å². The van der Waals surface area contributed by atoms with Crippen molar-refractivity contribution < 1.29 is 30.8 Å². The molecular weight excluding hydrogens is 450 g/mol. The molecule has 0 aromatic heterocycles. The number of piperidine rings is 1. The van der Waals surface area contributed by atoms with Crippen molar-refractivity contribution in [3.63, 3.8) is 0 Å². The molecule has 0 saturated carbocycles. The number of hydrogen-bond donors (Lipinski definition) is 1. The molecule has 1 aliphatic rings. The van der Waals surface area contributed by atoms with Crippen molar-refractivity contribution in [2.24, 2.45) is 0 Å².